The van der Waals surface area contributed by atoms with Gasteiger partial charge in [0.2, 0.25) is 0 Å². The molecule has 2 rings (SSSR count). The highest BCUT2D eigenvalue weighted by Gasteiger charge is 2.07. The summed E-state index contributed by atoms with van der Waals surface area (Å²) in [5.74, 6) is 0. The maximum absolute atomic E-state index is 6.13. The standard InChI is InChI=1S/C10H10ClN3/c1-6-3-2-4-7-9(11)8(5-12)13-14-10(6)7/h2-4H,5,12H2,1H3. The van der Waals surface area contributed by atoms with Gasteiger partial charge in [-0.2, -0.15) is 5.10 Å². The third kappa shape index (κ3) is 1.35. The fourth-order valence-electron chi connectivity index (χ4n) is 1.41. The minimum atomic E-state index is 0.315. The summed E-state index contributed by atoms with van der Waals surface area (Å²) < 4.78 is 0. The van der Waals surface area contributed by atoms with Crippen molar-refractivity contribution in [3.8, 4) is 0 Å². The van der Waals surface area contributed by atoms with Crippen LogP contribution in [-0.4, -0.2) is 10.2 Å². The van der Waals surface area contributed by atoms with E-state index >= 15 is 0 Å². The number of benzene rings is 1. The van der Waals surface area contributed by atoms with Crippen LogP contribution in [-0.2, 0) is 6.54 Å². The van der Waals surface area contributed by atoms with E-state index in [4.69, 9.17) is 17.3 Å². The third-order valence-corrected chi connectivity index (χ3v) is 2.61. The molecule has 4 heteroatoms. The number of aryl methyl sites for hydroxylation is 1. The lowest BCUT2D eigenvalue weighted by molar-refractivity contribution is 0.918. The van der Waals surface area contributed by atoms with E-state index in [2.05, 4.69) is 10.2 Å². The molecule has 0 fully saturated rings. The molecule has 72 valence electrons. The van der Waals surface area contributed by atoms with Crippen LogP contribution in [0.4, 0.5) is 0 Å². The lowest BCUT2D eigenvalue weighted by atomic mass is 10.1. The van der Waals surface area contributed by atoms with Crippen molar-refractivity contribution >= 4 is 22.5 Å². The van der Waals surface area contributed by atoms with Crippen LogP contribution in [0.5, 0.6) is 0 Å². The average molecular weight is 208 g/mol. The summed E-state index contributed by atoms with van der Waals surface area (Å²) in [5.41, 5.74) is 8.05. The number of halogens is 1. The molecule has 0 spiro atoms. The van der Waals surface area contributed by atoms with Crippen molar-refractivity contribution in [1.29, 1.82) is 0 Å². The minimum absolute atomic E-state index is 0.315. The molecule has 0 radical (unpaired) electrons. The monoisotopic (exact) mass is 207 g/mol. The van der Waals surface area contributed by atoms with Crippen LogP contribution in [0.1, 0.15) is 11.3 Å². The Morgan fingerprint density at radius 3 is 2.86 bits per heavy atom. The highest BCUT2D eigenvalue weighted by molar-refractivity contribution is 6.35. The van der Waals surface area contributed by atoms with E-state index in [0.717, 1.165) is 16.5 Å². The summed E-state index contributed by atoms with van der Waals surface area (Å²) in [6.07, 6.45) is 0. The molecule has 0 aliphatic heterocycles. The molecule has 1 aromatic carbocycles. The van der Waals surface area contributed by atoms with Crippen LogP contribution >= 0.6 is 11.6 Å². The number of rotatable bonds is 1. The van der Waals surface area contributed by atoms with Gasteiger partial charge in [-0.05, 0) is 12.5 Å². The van der Waals surface area contributed by atoms with Gasteiger partial charge in [-0.3, -0.25) is 0 Å². The van der Waals surface area contributed by atoms with Crippen molar-refractivity contribution in [1.82, 2.24) is 10.2 Å². The van der Waals surface area contributed by atoms with Crippen molar-refractivity contribution in [2.75, 3.05) is 0 Å². The molecule has 1 aromatic heterocycles. The van der Waals surface area contributed by atoms with Gasteiger partial charge in [0, 0.05) is 11.9 Å². The lowest BCUT2D eigenvalue weighted by Gasteiger charge is -2.04. The van der Waals surface area contributed by atoms with Gasteiger partial charge in [-0.1, -0.05) is 29.8 Å². The number of fused-ring (bicyclic) bond motifs is 1. The summed E-state index contributed by atoms with van der Waals surface area (Å²) in [6.45, 7) is 2.30. The molecular formula is C10H10ClN3. The first kappa shape index (κ1) is 9.37. The van der Waals surface area contributed by atoms with Gasteiger partial charge in [-0.25, -0.2) is 0 Å². The quantitative estimate of drug-likeness (QED) is 0.779. The second-order valence-electron chi connectivity index (χ2n) is 3.14. The maximum Gasteiger partial charge on any atom is 0.0973 e. The molecule has 1 heterocycles. The highest BCUT2D eigenvalue weighted by Crippen LogP contribution is 2.25. The van der Waals surface area contributed by atoms with Crippen LogP contribution < -0.4 is 5.73 Å². The van der Waals surface area contributed by atoms with Crippen LogP contribution in [0, 0.1) is 6.92 Å². The second kappa shape index (κ2) is 3.52. The highest BCUT2D eigenvalue weighted by atomic mass is 35.5. The van der Waals surface area contributed by atoms with Gasteiger partial charge < -0.3 is 5.73 Å². The summed E-state index contributed by atoms with van der Waals surface area (Å²) in [7, 11) is 0. The first-order chi connectivity index (χ1) is 6.74. The topological polar surface area (TPSA) is 51.8 Å². The van der Waals surface area contributed by atoms with Crippen LogP contribution in [0.3, 0.4) is 0 Å². The number of nitrogens with two attached hydrogens (primary N) is 1. The Balaban J connectivity index is 2.84. The van der Waals surface area contributed by atoms with E-state index in [9.17, 15) is 0 Å². The number of hydrogen-bond acceptors (Lipinski definition) is 3. The Kier molecular flexibility index (Phi) is 2.35. The average Bonchev–Trinajstić information content (AvgIpc) is 2.20. The second-order valence-corrected chi connectivity index (χ2v) is 3.51. The molecule has 0 saturated carbocycles. The molecule has 0 bridgehead atoms. The Hall–Kier alpha value is -1.19. The molecular weight excluding hydrogens is 198 g/mol. The van der Waals surface area contributed by atoms with E-state index in [1.807, 2.05) is 25.1 Å². The molecule has 0 atom stereocenters. The fourth-order valence-corrected chi connectivity index (χ4v) is 1.68. The normalized spacial score (nSPS) is 10.8. The summed E-state index contributed by atoms with van der Waals surface area (Å²) in [6, 6.07) is 5.86. The summed E-state index contributed by atoms with van der Waals surface area (Å²) in [5, 5.41) is 9.61. The maximum atomic E-state index is 6.13. The van der Waals surface area contributed by atoms with Crippen molar-refractivity contribution in [2.45, 2.75) is 13.5 Å². The van der Waals surface area contributed by atoms with E-state index in [-0.39, 0.29) is 0 Å². The Morgan fingerprint density at radius 2 is 2.14 bits per heavy atom. The molecule has 3 nitrogen and oxygen atoms in total. The number of aromatic nitrogens is 2. The van der Waals surface area contributed by atoms with Crippen molar-refractivity contribution in [3.05, 3.63) is 34.5 Å². The largest absolute Gasteiger partial charge is 0.325 e. The van der Waals surface area contributed by atoms with Gasteiger partial charge in [0.1, 0.15) is 0 Å². The molecule has 0 aliphatic carbocycles. The zero-order valence-corrected chi connectivity index (χ0v) is 8.54. The fraction of sp³-hybridized carbons (Fsp3) is 0.200. The van der Waals surface area contributed by atoms with Crippen LogP contribution in [0.2, 0.25) is 5.02 Å². The lowest BCUT2D eigenvalue weighted by Crippen LogP contribution is -2.03. The van der Waals surface area contributed by atoms with E-state index < -0.39 is 0 Å². The zero-order chi connectivity index (χ0) is 10.1. The Labute approximate surface area is 86.9 Å². The Bertz CT molecular complexity index is 482. The minimum Gasteiger partial charge on any atom is -0.325 e. The van der Waals surface area contributed by atoms with Gasteiger partial charge in [0.25, 0.3) is 0 Å². The predicted molar refractivity (Wildman–Crippen MR) is 57.2 cm³/mol. The summed E-state index contributed by atoms with van der Waals surface area (Å²) >= 11 is 6.13. The predicted octanol–water partition coefficient (Wildman–Crippen LogP) is 2.05. The van der Waals surface area contributed by atoms with E-state index in [1.54, 1.807) is 0 Å². The van der Waals surface area contributed by atoms with Crippen molar-refractivity contribution in [3.63, 3.8) is 0 Å². The van der Waals surface area contributed by atoms with E-state index in [0.29, 0.717) is 17.3 Å². The zero-order valence-electron chi connectivity index (χ0n) is 7.79. The van der Waals surface area contributed by atoms with E-state index in [1.165, 1.54) is 0 Å². The SMILES string of the molecule is Cc1cccc2c(Cl)c(CN)nnc12. The van der Waals surface area contributed by atoms with Gasteiger partial charge >= 0.3 is 0 Å². The molecule has 0 aliphatic rings. The van der Waals surface area contributed by atoms with Gasteiger partial charge in [0.15, 0.2) is 0 Å². The molecule has 2 aromatic rings. The molecule has 2 N–H and O–H groups in total. The molecule has 14 heavy (non-hydrogen) atoms. The third-order valence-electron chi connectivity index (χ3n) is 2.19. The first-order valence-corrected chi connectivity index (χ1v) is 4.72. The molecule has 0 amide bonds. The van der Waals surface area contributed by atoms with Crippen LogP contribution in [0.15, 0.2) is 18.2 Å². The number of nitrogens with zero attached hydrogens (tertiary/aromatic N) is 2. The van der Waals surface area contributed by atoms with Crippen molar-refractivity contribution < 1.29 is 0 Å². The van der Waals surface area contributed by atoms with Crippen LogP contribution in [0.25, 0.3) is 10.9 Å². The van der Waals surface area contributed by atoms with Crippen molar-refractivity contribution in [2.24, 2.45) is 5.73 Å². The first-order valence-electron chi connectivity index (χ1n) is 4.34. The summed E-state index contributed by atoms with van der Waals surface area (Å²) in [4.78, 5) is 0. The van der Waals surface area contributed by atoms with Gasteiger partial charge in [-0.15, -0.1) is 5.10 Å². The number of hydrogen-bond donors (Lipinski definition) is 1. The Morgan fingerprint density at radius 1 is 1.36 bits per heavy atom. The molecule has 0 saturated heterocycles. The molecule has 0 unspecified atom stereocenters. The van der Waals surface area contributed by atoms with Gasteiger partial charge in [0.05, 0.1) is 16.2 Å². The smallest absolute Gasteiger partial charge is 0.0973 e.